The first-order valence-electron chi connectivity index (χ1n) is 11.4. The summed E-state index contributed by atoms with van der Waals surface area (Å²) in [6.45, 7) is 10.2. The Balaban J connectivity index is 1.42. The van der Waals surface area contributed by atoms with E-state index in [0.717, 1.165) is 63.5 Å². The molecule has 6 heteroatoms. The Labute approximate surface area is 175 Å². The number of benzene rings is 1. The fourth-order valence-electron chi connectivity index (χ4n) is 4.28. The smallest absolute Gasteiger partial charge is 0.227 e. The quantitative estimate of drug-likeness (QED) is 0.401. The molecule has 2 aliphatic heterocycles. The van der Waals surface area contributed by atoms with Gasteiger partial charge in [-0.2, -0.15) is 0 Å². The highest BCUT2D eigenvalue weighted by molar-refractivity contribution is 5.95. The van der Waals surface area contributed by atoms with E-state index in [9.17, 15) is 4.79 Å². The molecule has 2 aliphatic rings. The van der Waals surface area contributed by atoms with Gasteiger partial charge in [0.15, 0.2) is 5.96 Å². The summed E-state index contributed by atoms with van der Waals surface area (Å²) in [4.78, 5) is 21.8. The standard InChI is InChI=1S/C23H37N5O/c1-3-15-27-16-12-20(13-17-27)26-23(24-4-2)25-14-7-10-22(29)28-18-11-19-8-5-6-9-21(19)28/h5-6,8-9,20H,3-4,7,10-18H2,1-2H3,(H2,24,25,26). The van der Waals surface area contributed by atoms with E-state index in [1.807, 2.05) is 17.0 Å². The van der Waals surface area contributed by atoms with Gasteiger partial charge in [0, 0.05) is 50.9 Å². The first-order valence-corrected chi connectivity index (χ1v) is 11.4. The molecule has 0 spiro atoms. The molecule has 3 rings (SSSR count). The lowest BCUT2D eigenvalue weighted by molar-refractivity contribution is -0.118. The van der Waals surface area contributed by atoms with Crippen LogP contribution in [0.15, 0.2) is 29.3 Å². The molecular formula is C23H37N5O. The topological polar surface area (TPSA) is 60.0 Å². The first-order chi connectivity index (χ1) is 14.2. The molecule has 0 radical (unpaired) electrons. The minimum Gasteiger partial charge on any atom is -0.357 e. The van der Waals surface area contributed by atoms with Crippen LogP contribution in [0.2, 0.25) is 0 Å². The monoisotopic (exact) mass is 399 g/mol. The van der Waals surface area contributed by atoms with Crippen molar-refractivity contribution >= 4 is 17.6 Å². The average molecular weight is 400 g/mol. The number of carbonyl (C=O) groups excluding carboxylic acids is 1. The van der Waals surface area contributed by atoms with E-state index >= 15 is 0 Å². The van der Waals surface area contributed by atoms with Gasteiger partial charge in [-0.1, -0.05) is 25.1 Å². The molecule has 2 N–H and O–H groups in total. The highest BCUT2D eigenvalue weighted by atomic mass is 16.2. The molecule has 0 unspecified atom stereocenters. The van der Waals surface area contributed by atoms with Gasteiger partial charge in [0.05, 0.1) is 0 Å². The second kappa shape index (κ2) is 11.2. The molecule has 1 fully saturated rings. The third kappa shape index (κ3) is 6.20. The lowest BCUT2D eigenvalue weighted by Gasteiger charge is -2.32. The van der Waals surface area contributed by atoms with Gasteiger partial charge in [0.1, 0.15) is 0 Å². The normalized spacial score (nSPS) is 18.0. The van der Waals surface area contributed by atoms with Crippen LogP contribution in [-0.2, 0) is 11.2 Å². The summed E-state index contributed by atoms with van der Waals surface area (Å²) in [6.07, 6.45) is 5.85. The van der Waals surface area contributed by atoms with Crippen molar-refractivity contribution in [3.63, 3.8) is 0 Å². The summed E-state index contributed by atoms with van der Waals surface area (Å²) in [5.74, 6) is 1.10. The molecule has 1 aromatic carbocycles. The van der Waals surface area contributed by atoms with Gasteiger partial charge in [-0.15, -0.1) is 0 Å². The number of hydrogen-bond donors (Lipinski definition) is 2. The van der Waals surface area contributed by atoms with E-state index in [4.69, 9.17) is 4.99 Å². The van der Waals surface area contributed by atoms with Crippen molar-refractivity contribution in [2.75, 3.05) is 44.2 Å². The fourth-order valence-corrected chi connectivity index (χ4v) is 4.28. The number of rotatable bonds is 8. The van der Waals surface area contributed by atoms with Gasteiger partial charge in [-0.25, -0.2) is 0 Å². The van der Waals surface area contributed by atoms with Crippen molar-refractivity contribution in [1.29, 1.82) is 0 Å². The van der Waals surface area contributed by atoms with Crippen LogP contribution in [0.5, 0.6) is 0 Å². The number of para-hydroxylation sites is 1. The predicted molar refractivity (Wildman–Crippen MR) is 121 cm³/mol. The lowest BCUT2D eigenvalue weighted by Crippen LogP contribution is -2.48. The zero-order valence-corrected chi connectivity index (χ0v) is 18.1. The third-order valence-electron chi connectivity index (χ3n) is 5.82. The summed E-state index contributed by atoms with van der Waals surface area (Å²) in [5.41, 5.74) is 2.37. The van der Waals surface area contributed by atoms with Crippen LogP contribution in [0.4, 0.5) is 5.69 Å². The van der Waals surface area contributed by atoms with E-state index in [-0.39, 0.29) is 5.91 Å². The van der Waals surface area contributed by atoms with Crippen LogP contribution >= 0.6 is 0 Å². The fraction of sp³-hybridized carbons (Fsp3) is 0.652. The van der Waals surface area contributed by atoms with Crippen molar-refractivity contribution in [2.45, 2.75) is 58.4 Å². The molecule has 160 valence electrons. The highest BCUT2D eigenvalue weighted by Gasteiger charge is 2.23. The Morgan fingerprint density at radius 1 is 1.17 bits per heavy atom. The average Bonchev–Trinajstić information content (AvgIpc) is 3.17. The van der Waals surface area contributed by atoms with Gasteiger partial charge < -0.3 is 20.4 Å². The predicted octanol–water partition coefficient (Wildman–Crippen LogP) is 2.79. The molecule has 1 saturated heterocycles. The molecule has 0 aliphatic carbocycles. The van der Waals surface area contributed by atoms with Gasteiger partial charge in [-0.05, 0) is 57.2 Å². The van der Waals surface area contributed by atoms with Crippen LogP contribution in [0, 0.1) is 0 Å². The number of carbonyl (C=O) groups is 1. The zero-order valence-electron chi connectivity index (χ0n) is 18.1. The maximum atomic E-state index is 12.6. The number of hydrogen-bond acceptors (Lipinski definition) is 3. The first kappa shape index (κ1) is 21.6. The number of aliphatic imine (C=N–C) groups is 1. The molecule has 0 aromatic heterocycles. The molecule has 1 amide bonds. The van der Waals surface area contributed by atoms with Gasteiger partial charge >= 0.3 is 0 Å². The Morgan fingerprint density at radius 3 is 2.72 bits per heavy atom. The molecule has 29 heavy (non-hydrogen) atoms. The van der Waals surface area contributed by atoms with E-state index in [1.165, 1.54) is 18.5 Å². The van der Waals surface area contributed by atoms with Crippen molar-refractivity contribution < 1.29 is 4.79 Å². The molecule has 6 nitrogen and oxygen atoms in total. The van der Waals surface area contributed by atoms with Crippen LogP contribution in [-0.4, -0.2) is 62.1 Å². The van der Waals surface area contributed by atoms with Gasteiger partial charge in [0.2, 0.25) is 5.91 Å². The molecule has 2 heterocycles. The Kier molecular flexibility index (Phi) is 8.35. The van der Waals surface area contributed by atoms with Crippen molar-refractivity contribution in [2.24, 2.45) is 4.99 Å². The summed E-state index contributed by atoms with van der Waals surface area (Å²) in [7, 11) is 0. The zero-order chi connectivity index (χ0) is 20.5. The molecular weight excluding hydrogens is 362 g/mol. The number of likely N-dealkylation sites (tertiary alicyclic amines) is 1. The summed E-state index contributed by atoms with van der Waals surface area (Å²) < 4.78 is 0. The SMILES string of the molecule is CCCN1CCC(NC(=NCCCC(=O)N2CCc3ccccc32)NCC)CC1. The lowest BCUT2D eigenvalue weighted by atomic mass is 10.1. The van der Waals surface area contributed by atoms with Crippen molar-refractivity contribution in [1.82, 2.24) is 15.5 Å². The second-order valence-corrected chi connectivity index (χ2v) is 8.05. The van der Waals surface area contributed by atoms with Gasteiger partial charge in [0.25, 0.3) is 0 Å². The molecule has 0 bridgehead atoms. The maximum absolute atomic E-state index is 12.6. The van der Waals surface area contributed by atoms with Crippen LogP contribution in [0.25, 0.3) is 0 Å². The van der Waals surface area contributed by atoms with E-state index in [2.05, 4.69) is 41.5 Å². The van der Waals surface area contributed by atoms with Crippen LogP contribution in [0.3, 0.4) is 0 Å². The number of fused-ring (bicyclic) bond motifs is 1. The Morgan fingerprint density at radius 2 is 1.97 bits per heavy atom. The van der Waals surface area contributed by atoms with Crippen LogP contribution in [0.1, 0.15) is 51.5 Å². The number of nitrogens with zero attached hydrogens (tertiary/aromatic N) is 3. The summed E-state index contributed by atoms with van der Waals surface area (Å²) in [5, 5.41) is 6.95. The summed E-state index contributed by atoms with van der Waals surface area (Å²) >= 11 is 0. The number of nitrogens with one attached hydrogen (secondary N) is 2. The van der Waals surface area contributed by atoms with E-state index in [0.29, 0.717) is 19.0 Å². The number of anilines is 1. The van der Waals surface area contributed by atoms with Crippen molar-refractivity contribution in [3.8, 4) is 0 Å². The van der Waals surface area contributed by atoms with Gasteiger partial charge in [-0.3, -0.25) is 9.79 Å². The number of guanidine groups is 1. The highest BCUT2D eigenvalue weighted by Crippen LogP contribution is 2.28. The van der Waals surface area contributed by atoms with Crippen LogP contribution < -0.4 is 15.5 Å². The Bertz CT molecular complexity index is 682. The number of piperidine rings is 1. The molecule has 0 saturated carbocycles. The second-order valence-electron chi connectivity index (χ2n) is 8.05. The molecule has 1 aromatic rings. The minimum absolute atomic E-state index is 0.214. The van der Waals surface area contributed by atoms with Crippen molar-refractivity contribution in [3.05, 3.63) is 29.8 Å². The largest absolute Gasteiger partial charge is 0.357 e. The Hall–Kier alpha value is -2.08. The number of amides is 1. The maximum Gasteiger partial charge on any atom is 0.227 e. The third-order valence-corrected chi connectivity index (χ3v) is 5.82. The minimum atomic E-state index is 0.214. The molecule has 0 atom stereocenters. The van der Waals surface area contributed by atoms with E-state index in [1.54, 1.807) is 0 Å². The summed E-state index contributed by atoms with van der Waals surface area (Å²) in [6, 6.07) is 8.72. The van der Waals surface area contributed by atoms with E-state index < -0.39 is 0 Å².